The minimum Gasteiger partial charge on any atom is -0.465 e. The molecule has 1 aromatic heterocycles. The Hall–Kier alpha value is -4.17. The minimum atomic E-state index is -4.78. The molecule has 0 aliphatic heterocycles. The van der Waals surface area contributed by atoms with Crippen LogP contribution in [0.5, 0.6) is 5.75 Å². The summed E-state index contributed by atoms with van der Waals surface area (Å²) in [6.45, 7) is 3.74. The summed E-state index contributed by atoms with van der Waals surface area (Å²) in [5.41, 5.74) is 8.04. The number of phosphoric acid groups is 1. The molecule has 13 nitrogen and oxygen atoms in total. The Morgan fingerprint density at radius 3 is 2.39 bits per heavy atom. The first-order valence-electron chi connectivity index (χ1n) is 17.3. The summed E-state index contributed by atoms with van der Waals surface area (Å²) in [6, 6.07) is 16.1. The normalized spacial score (nSPS) is 17.1. The van der Waals surface area contributed by atoms with Crippen molar-refractivity contribution in [1.29, 1.82) is 0 Å². The standard InChI is InChI=1S/C37H42Cl2N5O8PS/c1-3-21(2)31(33(40)54)42-35(46)37(16-15-29-27(19-37)26-17-24(38)18-28(39)32(26)41-29)43-34(45)30(44(36(47)48)20-23-7-5-4-6-8-23)14-11-22-9-12-25(13-10-22)52-53(49,50)51/h4-10,12-13,17-18,21,30-31,41H,3,11,14-16,19-20H2,1-2H3,(H2,40,54)(H,42,46)(H,43,45)(H,47,48)(H2,49,50,51)/t21-,30?,31-,37+/m0/s1. The number of fused-ring (bicyclic) bond motifs is 3. The van der Waals surface area contributed by atoms with Gasteiger partial charge in [0.05, 0.1) is 21.6 Å². The summed E-state index contributed by atoms with van der Waals surface area (Å²) in [4.78, 5) is 65.1. The average Bonchev–Trinajstić information content (AvgIpc) is 3.47. The molecule has 1 heterocycles. The van der Waals surface area contributed by atoms with Gasteiger partial charge in [-0.3, -0.25) is 24.3 Å². The Bertz CT molecular complexity index is 2080. The van der Waals surface area contributed by atoms with Gasteiger partial charge in [-0.25, -0.2) is 9.36 Å². The predicted molar refractivity (Wildman–Crippen MR) is 211 cm³/mol. The van der Waals surface area contributed by atoms with Gasteiger partial charge in [0.2, 0.25) is 11.8 Å². The number of nitrogens with one attached hydrogen (secondary N) is 3. The third-order valence-corrected chi connectivity index (χ3v) is 11.1. The number of carbonyl (C=O) groups is 3. The van der Waals surface area contributed by atoms with Gasteiger partial charge in [-0.05, 0) is 72.6 Å². The highest BCUT2D eigenvalue weighted by atomic mass is 35.5. The van der Waals surface area contributed by atoms with Gasteiger partial charge in [0.1, 0.15) is 17.3 Å². The lowest BCUT2D eigenvalue weighted by Gasteiger charge is -2.40. The highest BCUT2D eigenvalue weighted by Gasteiger charge is 2.47. The van der Waals surface area contributed by atoms with E-state index in [1.165, 1.54) is 12.1 Å². The number of rotatable bonds is 15. The predicted octanol–water partition coefficient (Wildman–Crippen LogP) is 6.29. The Balaban J connectivity index is 1.54. The topological polar surface area (TPSA) is 207 Å². The van der Waals surface area contributed by atoms with Crippen LogP contribution < -0.4 is 20.9 Å². The lowest BCUT2D eigenvalue weighted by molar-refractivity contribution is -0.137. The molecule has 5 rings (SSSR count). The number of thiocarbonyl (C=S) groups is 1. The zero-order chi connectivity index (χ0) is 39.4. The number of halogens is 2. The van der Waals surface area contributed by atoms with Gasteiger partial charge in [0, 0.05) is 29.1 Å². The zero-order valence-electron chi connectivity index (χ0n) is 29.6. The molecule has 3 aromatic carbocycles. The fraction of sp³-hybridized carbons (Fsp3) is 0.351. The molecule has 54 heavy (non-hydrogen) atoms. The molecule has 0 saturated carbocycles. The molecule has 0 saturated heterocycles. The average molecular weight is 819 g/mol. The van der Waals surface area contributed by atoms with Crippen molar-refractivity contribution in [2.75, 3.05) is 0 Å². The van der Waals surface area contributed by atoms with Crippen LogP contribution in [0.2, 0.25) is 10.0 Å². The Morgan fingerprint density at radius 2 is 1.78 bits per heavy atom. The SMILES string of the molecule is CC[C@H](C)[C@H](NC(=O)[C@@]1(NC(=O)C(CCc2ccc(OP(=O)(O)O)cc2)N(Cc2ccccc2)C(=O)O)CCc2[nH]c3c(Cl)cc(Cl)cc3c2C1)C(N)=S. The third kappa shape index (κ3) is 9.73. The Kier molecular flexibility index (Phi) is 13.0. The van der Waals surface area contributed by atoms with Gasteiger partial charge in [0.25, 0.3) is 0 Å². The molecule has 1 aliphatic rings. The van der Waals surface area contributed by atoms with Crippen molar-refractivity contribution in [1.82, 2.24) is 20.5 Å². The van der Waals surface area contributed by atoms with Gasteiger partial charge in [-0.2, -0.15) is 0 Å². The first-order chi connectivity index (χ1) is 25.5. The van der Waals surface area contributed by atoms with Crippen LogP contribution in [0.15, 0.2) is 66.7 Å². The number of benzene rings is 3. The van der Waals surface area contributed by atoms with E-state index < -0.39 is 43.4 Å². The van der Waals surface area contributed by atoms with Crippen LogP contribution in [-0.4, -0.2) is 65.3 Å². The largest absolute Gasteiger partial charge is 0.524 e. The highest BCUT2D eigenvalue weighted by Crippen LogP contribution is 2.39. The van der Waals surface area contributed by atoms with E-state index in [9.17, 15) is 24.1 Å². The van der Waals surface area contributed by atoms with E-state index >= 15 is 0 Å². The van der Waals surface area contributed by atoms with Gasteiger partial charge < -0.3 is 31.0 Å². The van der Waals surface area contributed by atoms with Gasteiger partial charge in [-0.15, -0.1) is 0 Å². The maximum atomic E-state index is 14.7. The molecule has 3 amide bonds. The molecular formula is C37H42Cl2N5O8PS. The maximum absolute atomic E-state index is 14.7. The lowest BCUT2D eigenvalue weighted by Crippen LogP contribution is -2.66. The van der Waals surface area contributed by atoms with Crippen molar-refractivity contribution in [3.63, 3.8) is 0 Å². The summed E-state index contributed by atoms with van der Waals surface area (Å²) in [6.07, 6.45) is 0.0147. The second-order valence-corrected chi connectivity index (χ2v) is 16.0. The molecule has 8 N–H and O–H groups in total. The number of carbonyl (C=O) groups excluding carboxylic acids is 2. The van der Waals surface area contributed by atoms with Crippen LogP contribution >= 0.6 is 43.2 Å². The molecule has 0 fully saturated rings. The summed E-state index contributed by atoms with van der Waals surface area (Å²) in [7, 11) is -4.78. The molecule has 0 bridgehead atoms. The van der Waals surface area contributed by atoms with Gasteiger partial charge >= 0.3 is 13.9 Å². The maximum Gasteiger partial charge on any atom is 0.524 e. The van der Waals surface area contributed by atoms with Crippen LogP contribution in [0.25, 0.3) is 10.9 Å². The Labute approximate surface area is 327 Å². The van der Waals surface area contributed by atoms with Crippen LogP contribution in [0.3, 0.4) is 0 Å². The van der Waals surface area contributed by atoms with Crippen LogP contribution in [0, 0.1) is 5.92 Å². The summed E-state index contributed by atoms with van der Waals surface area (Å²) < 4.78 is 15.9. The number of phosphoric ester groups is 1. The number of H-pyrrole nitrogens is 1. The van der Waals surface area contributed by atoms with E-state index in [0.717, 1.165) is 16.2 Å². The summed E-state index contributed by atoms with van der Waals surface area (Å²) in [5.74, 6) is -1.40. The van der Waals surface area contributed by atoms with Gasteiger partial charge in [-0.1, -0.05) is 98.2 Å². The van der Waals surface area contributed by atoms with Crippen molar-refractivity contribution in [3.05, 3.63) is 99.2 Å². The van der Waals surface area contributed by atoms with E-state index in [1.807, 2.05) is 13.8 Å². The third-order valence-electron chi connectivity index (χ3n) is 9.88. The van der Waals surface area contributed by atoms with E-state index in [-0.39, 0.29) is 48.9 Å². The van der Waals surface area contributed by atoms with E-state index in [0.29, 0.717) is 44.9 Å². The fourth-order valence-electron chi connectivity index (χ4n) is 6.83. The molecule has 1 aliphatic carbocycles. The smallest absolute Gasteiger partial charge is 0.465 e. The number of nitrogens with zero attached hydrogens (tertiary/aromatic N) is 1. The van der Waals surface area contributed by atoms with Crippen molar-refractivity contribution in [3.8, 4) is 5.75 Å². The van der Waals surface area contributed by atoms with Gasteiger partial charge in [0.15, 0.2) is 0 Å². The van der Waals surface area contributed by atoms with Crippen LogP contribution in [-0.2, 0) is 40.0 Å². The van der Waals surface area contributed by atoms with Crippen LogP contribution in [0.1, 0.15) is 55.5 Å². The molecule has 0 spiro atoms. The molecule has 4 aromatic rings. The number of hydrogen-bond acceptors (Lipinski definition) is 6. The summed E-state index contributed by atoms with van der Waals surface area (Å²) >= 11 is 18.3. The van der Waals surface area contributed by atoms with Crippen LogP contribution in [0.4, 0.5) is 4.79 Å². The molecule has 288 valence electrons. The first-order valence-corrected chi connectivity index (χ1v) is 20.0. The second-order valence-electron chi connectivity index (χ2n) is 13.6. The minimum absolute atomic E-state index is 0.00665. The number of aryl methyl sites for hydroxylation is 2. The van der Waals surface area contributed by atoms with Crippen molar-refractivity contribution in [2.24, 2.45) is 11.7 Å². The number of nitrogens with two attached hydrogens (primary N) is 1. The first kappa shape index (κ1) is 41.0. The van der Waals surface area contributed by atoms with Crippen molar-refractivity contribution < 1.29 is 38.4 Å². The molecular weight excluding hydrogens is 776 g/mol. The lowest BCUT2D eigenvalue weighted by atomic mass is 9.78. The number of aromatic amines is 1. The zero-order valence-corrected chi connectivity index (χ0v) is 32.8. The number of aromatic nitrogens is 1. The van der Waals surface area contributed by atoms with Crippen molar-refractivity contribution in [2.45, 2.75) is 76.5 Å². The second kappa shape index (κ2) is 17.1. The molecule has 4 atom stereocenters. The number of amides is 3. The van der Waals surface area contributed by atoms with E-state index in [4.69, 9.17) is 50.9 Å². The monoisotopic (exact) mass is 817 g/mol. The van der Waals surface area contributed by atoms with E-state index in [2.05, 4.69) is 20.1 Å². The highest BCUT2D eigenvalue weighted by molar-refractivity contribution is 7.80. The molecule has 17 heteroatoms. The number of hydrogen-bond donors (Lipinski definition) is 7. The number of carboxylic acid groups (broad SMARTS) is 1. The fourth-order valence-corrected chi connectivity index (χ4v) is 8.06. The summed E-state index contributed by atoms with van der Waals surface area (Å²) in [5, 5.41) is 18.1. The molecule has 0 radical (unpaired) electrons. The Morgan fingerprint density at radius 1 is 1.09 bits per heavy atom. The van der Waals surface area contributed by atoms with E-state index in [1.54, 1.807) is 54.6 Å². The van der Waals surface area contributed by atoms with Crippen molar-refractivity contribution >= 4 is 77.0 Å². The molecule has 1 unspecified atom stereocenters. The quantitative estimate of drug-likeness (QED) is 0.0527.